The second-order valence-electron chi connectivity index (χ2n) is 8.48. The molecular weight excluding hydrogens is 1030 g/mol. The number of hydrogen-bond donors (Lipinski definition) is 0. The fraction of sp³-hybridized carbons (Fsp3) is 0.188. The monoisotopic (exact) mass is 1060 g/mol. The normalized spacial score (nSPS) is 9.60. The van der Waals surface area contributed by atoms with E-state index in [2.05, 4.69) is 77.0 Å². The Labute approximate surface area is 331 Å². The first-order chi connectivity index (χ1) is 21.6. The summed E-state index contributed by atoms with van der Waals surface area (Å²) >= 11 is 14.6. The maximum absolute atomic E-state index is 12.3. The van der Waals surface area contributed by atoms with E-state index in [4.69, 9.17) is 51.2 Å². The number of rotatable bonds is 11. The van der Waals surface area contributed by atoms with Crippen molar-refractivity contribution in [2.45, 2.75) is 12.8 Å². The van der Waals surface area contributed by atoms with Gasteiger partial charge in [-0.2, -0.15) is 0 Å². The van der Waals surface area contributed by atoms with E-state index in [0.29, 0.717) is 23.3 Å². The quantitative estimate of drug-likeness (QED) is 0.0375. The molecule has 0 N–H and O–H groups in total. The third-order valence-electron chi connectivity index (χ3n) is 5.13. The lowest BCUT2D eigenvalue weighted by molar-refractivity contribution is 0.103. The van der Waals surface area contributed by atoms with Crippen LogP contribution in [0.3, 0.4) is 0 Å². The highest BCUT2D eigenvalue weighted by Gasteiger charge is 2.09. The van der Waals surface area contributed by atoms with Crippen LogP contribution >= 0.6 is 119 Å². The van der Waals surface area contributed by atoms with Crippen molar-refractivity contribution in [3.05, 3.63) is 127 Å². The smallest absolute Gasteiger partial charge is 0.494 e. The lowest BCUT2D eigenvalue weighted by Gasteiger charge is -2.06. The molecule has 0 heterocycles. The van der Waals surface area contributed by atoms with Crippen LogP contribution < -0.4 is 9.47 Å². The predicted molar refractivity (Wildman–Crippen MR) is 216 cm³/mol. The molecule has 0 aliphatic rings. The van der Waals surface area contributed by atoms with Gasteiger partial charge in [0, 0.05) is 34.5 Å². The topological polar surface area (TPSA) is 52.6 Å². The number of ether oxygens (including phenoxy) is 2. The van der Waals surface area contributed by atoms with E-state index in [1.54, 1.807) is 12.1 Å². The maximum Gasteiger partial charge on any atom is 0.643 e. The Morgan fingerprint density at radius 2 is 0.956 bits per heavy atom. The largest absolute Gasteiger partial charge is 0.643 e. The first kappa shape index (κ1) is 43.0. The van der Waals surface area contributed by atoms with Gasteiger partial charge >= 0.3 is 11.4 Å². The Hall–Kier alpha value is -0.0675. The van der Waals surface area contributed by atoms with Gasteiger partial charge in [0.25, 0.3) is 5.24 Å². The van der Waals surface area contributed by atoms with Crippen LogP contribution in [0.15, 0.2) is 103 Å². The average molecular weight is 1060 g/mol. The number of carbonyl (C=O) groups is 2. The van der Waals surface area contributed by atoms with E-state index in [9.17, 15) is 9.59 Å². The number of benzene rings is 4. The zero-order valence-corrected chi connectivity index (χ0v) is 35.5. The van der Waals surface area contributed by atoms with Crippen molar-refractivity contribution in [1.82, 2.24) is 0 Å². The molecule has 0 radical (unpaired) electrons. The summed E-state index contributed by atoms with van der Waals surface area (Å²) in [4.78, 5) is 22.8. The predicted octanol–water partition coefficient (Wildman–Crippen LogP) is 11.9. The molecule has 0 saturated heterocycles. The number of ketones is 1. The molecule has 4 rings (SSSR count). The maximum atomic E-state index is 12.3. The second kappa shape index (κ2) is 26.8. The molecule has 45 heavy (non-hydrogen) atoms. The first-order valence-corrected chi connectivity index (χ1v) is 23.3. The van der Waals surface area contributed by atoms with Crippen LogP contribution in [0.5, 0.6) is 11.5 Å². The zero-order chi connectivity index (χ0) is 33.5. The van der Waals surface area contributed by atoms with Crippen molar-refractivity contribution in [1.29, 1.82) is 0 Å². The molecule has 0 bridgehead atoms. The van der Waals surface area contributed by atoms with Gasteiger partial charge in [-0.05, 0) is 155 Å². The molecule has 0 saturated carbocycles. The minimum atomic E-state index is -1.72. The highest BCUT2D eigenvalue weighted by Crippen LogP contribution is 2.17. The van der Waals surface area contributed by atoms with Crippen LogP contribution in [0.1, 0.15) is 39.1 Å². The minimum absolute atomic E-state index is 0.0356. The van der Waals surface area contributed by atoms with E-state index in [1.165, 1.54) is 0 Å². The number of hydrogen-bond acceptors (Lipinski definition) is 4. The van der Waals surface area contributed by atoms with Gasteiger partial charge in [0.15, 0.2) is 5.78 Å². The molecule has 0 atom stereocenters. The summed E-state index contributed by atoms with van der Waals surface area (Å²) in [5, 5.41) is 1.52. The van der Waals surface area contributed by atoms with E-state index in [-0.39, 0.29) is 5.78 Å². The summed E-state index contributed by atoms with van der Waals surface area (Å²) in [5.41, 5.74) is 1.93. The molecule has 0 unspecified atom stereocenters. The lowest BCUT2D eigenvalue weighted by Crippen LogP contribution is -2.02. The van der Waals surface area contributed by atoms with E-state index in [1.807, 2.05) is 91.0 Å². The van der Waals surface area contributed by atoms with E-state index in [0.717, 1.165) is 48.7 Å². The zero-order valence-electron chi connectivity index (χ0n) is 23.8. The molecule has 13 heteroatoms. The highest BCUT2D eigenvalue weighted by atomic mass is 127. The summed E-state index contributed by atoms with van der Waals surface area (Å²) in [6.07, 6.45) is 2.01. The lowest BCUT2D eigenvalue weighted by atomic mass is 10.0. The molecular formula is C32H29AlBr2Cl4I2O4. The Bertz CT molecular complexity index is 1370. The van der Waals surface area contributed by atoms with Gasteiger partial charge in [0.2, 0.25) is 0 Å². The molecule has 4 aromatic carbocycles. The fourth-order valence-corrected chi connectivity index (χ4v) is 4.36. The van der Waals surface area contributed by atoms with Crippen LogP contribution in [0, 0.1) is 7.14 Å². The molecule has 0 aliphatic heterocycles. The van der Waals surface area contributed by atoms with Crippen LogP contribution in [-0.2, 0) is 0 Å². The van der Waals surface area contributed by atoms with Crippen molar-refractivity contribution < 1.29 is 19.1 Å². The third-order valence-corrected chi connectivity index (χ3v) is 7.91. The van der Waals surface area contributed by atoms with Gasteiger partial charge in [-0.1, -0.05) is 50.1 Å². The van der Waals surface area contributed by atoms with Gasteiger partial charge in [-0.3, -0.25) is 9.59 Å². The molecule has 240 valence electrons. The van der Waals surface area contributed by atoms with Crippen molar-refractivity contribution in [2.75, 3.05) is 23.9 Å². The molecule has 0 aliphatic carbocycles. The highest BCUT2D eigenvalue weighted by molar-refractivity contribution is 14.1. The molecule has 0 amide bonds. The number of para-hydroxylation sites is 1. The number of carbonyl (C=O) groups excluding carboxylic acids is 2. The fourth-order valence-electron chi connectivity index (χ4n) is 3.06. The van der Waals surface area contributed by atoms with Gasteiger partial charge < -0.3 is 9.47 Å². The third kappa shape index (κ3) is 21.5. The standard InChI is InChI=1S/C16H14BrIO2.C9H11BrO.C7H4ClIO.Al.3ClH/c17-10-1-11-20-15-8-4-13(5-9-15)16(19)12-2-6-14(18)7-3-12;10-7-4-8-11-9-5-2-1-3-6-9;8-7(10)5-1-3-6(9)4-2-5;;;;/h2-9H,1,10-11H2;1-3,5-6H,4,7-8H2;1-4H;;3*1H/q;;;+3;;;/p-3. The molecule has 0 aromatic heterocycles. The van der Waals surface area contributed by atoms with Crippen molar-refractivity contribution in [3.63, 3.8) is 0 Å². The summed E-state index contributed by atoms with van der Waals surface area (Å²) in [5.74, 6) is 1.78. The number of alkyl halides is 2. The van der Waals surface area contributed by atoms with E-state index >= 15 is 0 Å². The summed E-state index contributed by atoms with van der Waals surface area (Å²) < 4.78 is 13.2. The summed E-state index contributed by atoms with van der Waals surface area (Å²) in [6, 6.07) is 31.8. The van der Waals surface area contributed by atoms with Crippen molar-refractivity contribution in [2.24, 2.45) is 0 Å². The molecule has 4 nitrogen and oxygen atoms in total. The van der Waals surface area contributed by atoms with Gasteiger partial charge in [0.05, 0.1) is 13.2 Å². The van der Waals surface area contributed by atoms with Crippen LogP contribution in [-0.4, -0.2) is 46.3 Å². The van der Waals surface area contributed by atoms with Crippen molar-refractivity contribution in [3.8, 4) is 11.5 Å². The molecule has 4 aromatic rings. The second-order valence-corrected chi connectivity index (χ2v) is 19.3. The van der Waals surface area contributed by atoms with Gasteiger partial charge in [0.1, 0.15) is 11.5 Å². The van der Waals surface area contributed by atoms with Gasteiger partial charge in [-0.15, -0.1) is 0 Å². The number of halogens is 8. The van der Waals surface area contributed by atoms with Crippen LogP contribution in [0.25, 0.3) is 0 Å². The Balaban J connectivity index is 0.000000343. The summed E-state index contributed by atoms with van der Waals surface area (Å²) in [7, 11) is 14.8. The summed E-state index contributed by atoms with van der Waals surface area (Å²) in [6.45, 7) is 1.46. The van der Waals surface area contributed by atoms with Crippen LogP contribution in [0.4, 0.5) is 0 Å². The van der Waals surface area contributed by atoms with Gasteiger partial charge in [-0.25, -0.2) is 30.1 Å². The average Bonchev–Trinajstić information content (AvgIpc) is 3.03. The van der Waals surface area contributed by atoms with Crippen molar-refractivity contribution >= 4 is 141 Å². The molecule has 0 fully saturated rings. The van der Waals surface area contributed by atoms with E-state index < -0.39 is 16.6 Å². The Morgan fingerprint density at radius 3 is 1.33 bits per heavy atom. The SMILES string of the molecule is BrCCCOc1ccccc1.O=C(Cl)c1ccc(I)cc1.O=C(c1ccc(I)cc1)c1ccc(OCCCBr)cc1.[Cl][Al]([Cl])[Cl]. The minimum Gasteiger partial charge on any atom is -0.494 e. The Kier molecular flexibility index (Phi) is 25.6. The Morgan fingerprint density at radius 1 is 0.600 bits per heavy atom. The molecule has 0 spiro atoms. The van der Waals surface area contributed by atoms with Crippen LogP contribution in [0.2, 0.25) is 0 Å². The first-order valence-electron chi connectivity index (χ1n) is 13.3.